The molecule has 0 radical (unpaired) electrons. The molecule has 38 heavy (non-hydrogen) atoms. The van der Waals surface area contributed by atoms with Gasteiger partial charge in [0, 0.05) is 0 Å². The Morgan fingerprint density at radius 2 is 1.53 bits per heavy atom. The van der Waals surface area contributed by atoms with Gasteiger partial charge in [-0.05, 0) is 30.9 Å². The monoisotopic (exact) mass is 605 g/mol. The smallest absolute Gasteiger partial charge is 0.335 e. The summed E-state index contributed by atoms with van der Waals surface area (Å²) in [5.41, 5.74) is 3.95. The SMILES string of the molecule is CCCC(NC(=O)CBr)/C(=N\NC(=O)NC(c1ccccc1)c1ccccc1)C(=O)NCC(=O)OP(C)C. The van der Waals surface area contributed by atoms with Crippen molar-refractivity contribution in [2.75, 3.05) is 25.2 Å². The molecule has 0 spiro atoms. The van der Waals surface area contributed by atoms with Gasteiger partial charge >= 0.3 is 12.0 Å². The largest absolute Gasteiger partial charge is 0.444 e. The number of hydrazone groups is 1. The fraction of sp³-hybridized carbons (Fsp3) is 0.346. The van der Waals surface area contributed by atoms with E-state index in [1.54, 1.807) is 13.3 Å². The zero-order valence-electron chi connectivity index (χ0n) is 21.6. The molecule has 2 rings (SSSR count). The van der Waals surface area contributed by atoms with Crippen LogP contribution in [0, 0.1) is 0 Å². The van der Waals surface area contributed by atoms with Crippen LogP contribution in [-0.2, 0) is 18.9 Å². The van der Waals surface area contributed by atoms with Gasteiger partial charge in [-0.2, -0.15) is 5.10 Å². The highest BCUT2D eigenvalue weighted by molar-refractivity contribution is 9.09. The number of amides is 4. The van der Waals surface area contributed by atoms with Crippen LogP contribution in [0.3, 0.4) is 0 Å². The highest BCUT2D eigenvalue weighted by atomic mass is 79.9. The normalized spacial score (nSPS) is 12.0. The van der Waals surface area contributed by atoms with Gasteiger partial charge in [-0.3, -0.25) is 9.59 Å². The van der Waals surface area contributed by atoms with E-state index in [9.17, 15) is 19.2 Å². The Balaban J connectivity index is 2.26. The number of halogens is 1. The van der Waals surface area contributed by atoms with E-state index in [2.05, 4.69) is 42.4 Å². The lowest BCUT2D eigenvalue weighted by Gasteiger charge is -2.21. The third-order valence-electron chi connectivity index (χ3n) is 5.09. The summed E-state index contributed by atoms with van der Waals surface area (Å²) in [6, 6.07) is 16.9. The Labute approximate surface area is 232 Å². The lowest BCUT2D eigenvalue weighted by molar-refractivity contribution is -0.134. The number of carbonyl (C=O) groups excluding carboxylic acids is 4. The molecule has 0 heterocycles. The fourth-order valence-corrected chi connectivity index (χ4v) is 4.12. The van der Waals surface area contributed by atoms with Gasteiger partial charge < -0.3 is 20.5 Å². The summed E-state index contributed by atoms with van der Waals surface area (Å²) in [7, 11) is -0.939. The predicted molar refractivity (Wildman–Crippen MR) is 152 cm³/mol. The Hall–Kier alpha value is -3.30. The molecule has 0 saturated carbocycles. The van der Waals surface area contributed by atoms with Gasteiger partial charge in [0.2, 0.25) is 5.91 Å². The Kier molecular flexibility index (Phi) is 13.4. The van der Waals surface area contributed by atoms with Crippen LogP contribution >= 0.6 is 24.1 Å². The molecule has 0 aliphatic rings. The quantitative estimate of drug-likeness (QED) is 0.120. The summed E-state index contributed by atoms with van der Waals surface area (Å²) in [6.45, 7) is 5.03. The summed E-state index contributed by atoms with van der Waals surface area (Å²) in [6.07, 6.45) is 0.998. The second-order valence-electron chi connectivity index (χ2n) is 8.34. The minimum absolute atomic E-state index is 0.0226. The zero-order chi connectivity index (χ0) is 27.9. The van der Waals surface area contributed by atoms with Gasteiger partial charge in [0.15, 0.2) is 0 Å². The van der Waals surface area contributed by atoms with Crippen LogP contribution in [0.25, 0.3) is 0 Å². The van der Waals surface area contributed by atoms with E-state index in [1.165, 1.54) is 0 Å². The van der Waals surface area contributed by atoms with Crippen molar-refractivity contribution >= 4 is 53.6 Å². The lowest BCUT2D eigenvalue weighted by Crippen LogP contribution is -2.50. The topological polar surface area (TPSA) is 138 Å². The molecule has 0 aliphatic carbocycles. The molecule has 10 nitrogen and oxygen atoms in total. The van der Waals surface area contributed by atoms with E-state index in [0.29, 0.717) is 12.8 Å². The van der Waals surface area contributed by atoms with Crippen LogP contribution in [0.15, 0.2) is 65.8 Å². The van der Waals surface area contributed by atoms with Gasteiger partial charge in [-0.1, -0.05) is 89.9 Å². The zero-order valence-corrected chi connectivity index (χ0v) is 24.1. The second kappa shape index (κ2) is 16.5. The van der Waals surface area contributed by atoms with Gasteiger partial charge in [-0.15, -0.1) is 0 Å². The Morgan fingerprint density at radius 3 is 2.03 bits per heavy atom. The van der Waals surface area contributed by atoms with Crippen molar-refractivity contribution in [1.82, 2.24) is 21.4 Å². The lowest BCUT2D eigenvalue weighted by atomic mass is 9.99. The van der Waals surface area contributed by atoms with E-state index in [-0.39, 0.29) is 23.5 Å². The van der Waals surface area contributed by atoms with Crippen molar-refractivity contribution < 1.29 is 23.7 Å². The molecule has 0 fully saturated rings. The molecule has 2 aromatic carbocycles. The predicted octanol–water partition coefficient (Wildman–Crippen LogP) is 3.43. The van der Waals surface area contributed by atoms with E-state index in [0.717, 1.165) is 11.1 Å². The summed E-state index contributed by atoms with van der Waals surface area (Å²) in [5, 5.41) is 12.2. The van der Waals surface area contributed by atoms with E-state index in [1.807, 2.05) is 67.6 Å². The number of benzene rings is 2. The third kappa shape index (κ3) is 10.6. The molecular weight excluding hydrogens is 573 g/mol. The number of hydrogen-bond acceptors (Lipinski definition) is 6. The molecule has 0 bridgehead atoms. The molecule has 1 atom stereocenters. The molecule has 4 N–H and O–H groups in total. The van der Waals surface area contributed by atoms with Gasteiger partial charge in [0.05, 0.1) is 25.6 Å². The van der Waals surface area contributed by atoms with Crippen molar-refractivity contribution in [3.8, 4) is 0 Å². The average molecular weight is 606 g/mol. The highest BCUT2D eigenvalue weighted by Gasteiger charge is 2.26. The fourth-order valence-electron chi connectivity index (χ4n) is 3.49. The molecular formula is C26H33BrN5O5P. The van der Waals surface area contributed by atoms with Gasteiger partial charge in [0.1, 0.15) is 12.3 Å². The molecule has 0 aromatic heterocycles. The molecule has 2 aromatic rings. The van der Waals surface area contributed by atoms with Crippen LogP contribution in [0.1, 0.15) is 36.9 Å². The van der Waals surface area contributed by atoms with Crippen molar-refractivity contribution in [1.29, 1.82) is 0 Å². The van der Waals surface area contributed by atoms with Crippen molar-refractivity contribution in [2.24, 2.45) is 5.10 Å². The Morgan fingerprint density at radius 1 is 0.947 bits per heavy atom. The number of nitrogens with one attached hydrogen (secondary N) is 4. The Bertz CT molecular complexity index is 1060. The summed E-state index contributed by atoms with van der Waals surface area (Å²) >= 11 is 3.10. The first-order valence-corrected chi connectivity index (χ1v) is 15.3. The van der Waals surface area contributed by atoms with Crippen molar-refractivity contribution in [3.05, 3.63) is 71.8 Å². The maximum absolute atomic E-state index is 13.0. The number of alkyl halides is 1. The molecule has 1 unspecified atom stereocenters. The number of urea groups is 1. The number of hydrogen-bond donors (Lipinski definition) is 4. The standard InChI is InChI=1S/C26H33BrN5O5P/c1-4-11-20(29-21(33)16-27)24(25(35)28-17-22(34)37-38(2)3)31-32-26(36)30-23(18-12-7-5-8-13-18)19-14-9-6-10-15-19/h5-10,12-15,20,23H,4,11,16-17H2,1-3H3,(H,28,35)(H,29,33)(H2,30,32,36)/b31-24+. The van der Waals surface area contributed by atoms with E-state index >= 15 is 0 Å². The summed E-state index contributed by atoms with van der Waals surface area (Å²) in [5.74, 6) is -1.66. The maximum atomic E-state index is 13.0. The average Bonchev–Trinajstić information content (AvgIpc) is 2.91. The first kappa shape index (κ1) is 30.9. The molecule has 12 heteroatoms. The van der Waals surface area contributed by atoms with Crippen molar-refractivity contribution in [2.45, 2.75) is 31.8 Å². The van der Waals surface area contributed by atoms with Crippen LogP contribution in [0.5, 0.6) is 0 Å². The van der Waals surface area contributed by atoms with Crippen LogP contribution < -0.4 is 21.4 Å². The molecule has 0 aliphatic heterocycles. The molecule has 4 amide bonds. The molecule has 0 saturated heterocycles. The summed E-state index contributed by atoms with van der Waals surface area (Å²) in [4.78, 5) is 50.0. The minimum atomic E-state index is -0.939. The second-order valence-corrected chi connectivity index (χ2v) is 10.7. The van der Waals surface area contributed by atoms with Gasteiger partial charge in [-0.25, -0.2) is 15.0 Å². The number of carbonyl (C=O) groups is 4. The third-order valence-corrected chi connectivity index (χ3v) is 6.17. The molecule has 204 valence electrons. The van der Waals surface area contributed by atoms with Crippen LogP contribution in [0.4, 0.5) is 4.79 Å². The first-order valence-electron chi connectivity index (χ1n) is 12.0. The number of rotatable bonds is 13. The van der Waals surface area contributed by atoms with E-state index < -0.39 is 38.1 Å². The first-order chi connectivity index (χ1) is 18.2. The van der Waals surface area contributed by atoms with Crippen LogP contribution in [-0.4, -0.2) is 60.8 Å². The van der Waals surface area contributed by atoms with Gasteiger partial charge in [0.25, 0.3) is 5.91 Å². The maximum Gasteiger partial charge on any atom is 0.335 e. The van der Waals surface area contributed by atoms with Crippen molar-refractivity contribution in [3.63, 3.8) is 0 Å². The minimum Gasteiger partial charge on any atom is -0.444 e. The van der Waals surface area contributed by atoms with Crippen LogP contribution in [0.2, 0.25) is 0 Å². The van der Waals surface area contributed by atoms with E-state index in [4.69, 9.17) is 4.52 Å². The highest BCUT2D eigenvalue weighted by Crippen LogP contribution is 2.25. The number of nitrogens with zero attached hydrogens (tertiary/aromatic N) is 1. The summed E-state index contributed by atoms with van der Waals surface area (Å²) < 4.78 is 5.11.